The van der Waals surface area contributed by atoms with Crippen molar-refractivity contribution in [3.8, 4) is 5.88 Å². The second-order valence-corrected chi connectivity index (χ2v) is 5.01. The van der Waals surface area contributed by atoms with Gasteiger partial charge in [0.2, 0.25) is 11.8 Å². The Morgan fingerprint density at radius 1 is 1.42 bits per heavy atom. The molecular formula is C13H22N4O2. The number of amides is 1. The van der Waals surface area contributed by atoms with Crippen LogP contribution in [0.5, 0.6) is 5.88 Å². The number of nitrogens with zero attached hydrogens (tertiary/aromatic N) is 1. The van der Waals surface area contributed by atoms with E-state index in [1.807, 2.05) is 20.8 Å². The molecule has 0 bridgehead atoms. The fourth-order valence-corrected chi connectivity index (χ4v) is 1.50. The number of nitrogens with one attached hydrogen (secondary N) is 1. The van der Waals surface area contributed by atoms with E-state index in [4.69, 9.17) is 16.2 Å². The van der Waals surface area contributed by atoms with Gasteiger partial charge in [-0.3, -0.25) is 4.79 Å². The van der Waals surface area contributed by atoms with Crippen molar-refractivity contribution in [3.63, 3.8) is 0 Å². The predicted molar refractivity (Wildman–Crippen MR) is 75.9 cm³/mol. The Bertz CT molecular complexity index is 435. The maximum absolute atomic E-state index is 10.8. The second kappa shape index (κ2) is 6.82. The first-order chi connectivity index (χ1) is 8.88. The van der Waals surface area contributed by atoms with Gasteiger partial charge in [0.05, 0.1) is 12.3 Å². The number of rotatable bonds is 7. The number of hydrogen-bond donors (Lipinski definition) is 3. The molecular weight excluding hydrogens is 244 g/mol. The summed E-state index contributed by atoms with van der Waals surface area (Å²) in [5.41, 5.74) is 11.4. The van der Waals surface area contributed by atoms with Crippen LogP contribution in [-0.4, -0.2) is 23.5 Å². The molecule has 106 valence electrons. The third-order valence-electron chi connectivity index (χ3n) is 2.34. The van der Waals surface area contributed by atoms with Crippen LogP contribution in [0.2, 0.25) is 0 Å². The highest BCUT2D eigenvalue weighted by atomic mass is 16.5. The molecule has 0 radical (unpaired) electrons. The number of carbonyl (C=O) groups excluding carboxylic acids is 1. The summed E-state index contributed by atoms with van der Waals surface area (Å²) >= 11 is 0. The van der Waals surface area contributed by atoms with Gasteiger partial charge in [0.1, 0.15) is 5.82 Å². The van der Waals surface area contributed by atoms with Crippen molar-refractivity contribution in [1.29, 1.82) is 0 Å². The SMILES string of the molecule is CC(C)COc1nc(NC(C)CC(N)=O)ccc1N. The van der Waals surface area contributed by atoms with Crippen LogP contribution < -0.4 is 21.5 Å². The maximum Gasteiger partial charge on any atom is 0.239 e. The summed E-state index contributed by atoms with van der Waals surface area (Å²) in [5.74, 6) is 1.06. The molecule has 1 atom stereocenters. The molecule has 5 N–H and O–H groups in total. The molecule has 0 aliphatic carbocycles. The van der Waals surface area contributed by atoms with E-state index < -0.39 is 0 Å². The van der Waals surface area contributed by atoms with Crippen LogP contribution in [0.1, 0.15) is 27.2 Å². The standard InChI is InChI=1S/C13H22N4O2/c1-8(2)7-19-13-10(14)4-5-12(17-13)16-9(3)6-11(15)18/h4-5,8-9H,6-7,14H2,1-3H3,(H2,15,18)(H,16,17). The smallest absolute Gasteiger partial charge is 0.239 e. The molecule has 6 heteroatoms. The van der Waals surface area contributed by atoms with E-state index in [0.29, 0.717) is 29.9 Å². The van der Waals surface area contributed by atoms with Gasteiger partial charge in [0.15, 0.2) is 0 Å². The van der Waals surface area contributed by atoms with Gasteiger partial charge >= 0.3 is 0 Å². The van der Waals surface area contributed by atoms with Crippen LogP contribution in [0, 0.1) is 5.92 Å². The van der Waals surface area contributed by atoms with Gasteiger partial charge in [-0.15, -0.1) is 0 Å². The van der Waals surface area contributed by atoms with Crippen LogP contribution in [0.3, 0.4) is 0 Å². The molecule has 0 spiro atoms. The number of nitrogens with two attached hydrogens (primary N) is 2. The van der Waals surface area contributed by atoms with Crippen LogP contribution in [0.15, 0.2) is 12.1 Å². The highest BCUT2D eigenvalue weighted by molar-refractivity contribution is 5.74. The largest absolute Gasteiger partial charge is 0.476 e. The van der Waals surface area contributed by atoms with Crippen molar-refractivity contribution in [2.24, 2.45) is 11.7 Å². The van der Waals surface area contributed by atoms with Crippen LogP contribution in [0.25, 0.3) is 0 Å². The van der Waals surface area contributed by atoms with E-state index >= 15 is 0 Å². The van der Waals surface area contributed by atoms with Gasteiger partial charge in [0.25, 0.3) is 0 Å². The van der Waals surface area contributed by atoms with Crippen molar-refractivity contribution < 1.29 is 9.53 Å². The zero-order chi connectivity index (χ0) is 14.4. The van der Waals surface area contributed by atoms with Gasteiger partial charge in [-0.05, 0) is 25.0 Å². The lowest BCUT2D eigenvalue weighted by Gasteiger charge is -2.15. The van der Waals surface area contributed by atoms with Crippen molar-refractivity contribution in [1.82, 2.24) is 4.98 Å². The number of hydrogen-bond acceptors (Lipinski definition) is 5. The minimum Gasteiger partial charge on any atom is -0.476 e. The van der Waals surface area contributed by atoms with Crippen molar-refractivity contribution in [2.45, 2.75) is 33.2 Å². The third kappa shape index (κ3) is 5.46. The minimum absolute atomic E-state index is 0.0911. The van der Waals surface area contributed by atoms with Crippen LogP contribution in [-0.2, 0) is 4.79 Å². The minimum atomic E-state index is -0.355. The average molecular weight is 266 g/mol. The molecule has 6 nitrogen and oxygen atoms in total. The number of aromatic nitrogens is 1. The molecule has 19 heavy (non-hydrogen) atoms. The van der Waals surface area contributed by atoms with Crippen LogP contribution in [0.4, 0.5) is 11.5 Å². The first kappa shape index (κ1) is 15.1. The molecule has 1 aromatic heterocycles. The summed E-state index contributed by atoms with van der Waals surface area (Å²) in [7, 11) is 0. The Morgan fingerprint density at radius 2 is 2.11 bits per heavy atom. The summed E-state index contributed by atoms with van der Waals surface area (Å²) in [6.45, 7) is 6.51. The number of pyridine rings is 1. The molecule has 1 unspecified atom stereocenters. The second-order valence-electron chi connectivity index (χ2n) is 5.01. The Kier molecular flexibility index (Phi) is 5.41. The van der Waals surface area contributed by atoms with Gasteiger partial charge in [0, 0.05) is 12.5 Å². The lowest BCUT2D eigenvalue weighted by molar-refractivity contribution is -0.118. The van der Waals surface area contributed by atoms with Crippen molar-refractivity contribution in [2.75, 3.05) is 17.7 Å². The molecule has 1 heterocycles. The van der Waals surface area contributed by atoms with E-state index in [1.165, 1.54) is 0 Å². The van der Waals surface area contributed by atoms with E-state index in [9.17, 15) is 4.79 Å². The normalized spacial score (nSPS) is 12.2. The van der Waals surface area contributed by atoms with Crippen molar-refractivity contribution >= 4 is 17.4 Å². The molecule has 0 aliphatic rings. The molecule has 0 saturated heterocycles. The van der Waals surface area contributed by atoms with Gasteiger partial charge in [-0.2, -0.15) is 4.98 Å². The van der Waals surface area contributed by atoms with Crippen LogP contribution >= 0.6 is 0 Å². The van der Waals surface area contributed by atoms with E-state index in [0.717, 1.165) is 0 Å². The van der Waals surface area contributed by atoms with Gasteiger partial charge in [-0.1, -0.05) is 13.8 Å². The molecule has 0 aromatic carbocycles. The van der Waals surface area contributed by atoms with Gasteiger partial charge in [-0.25, -0.2) is 0 Å². The summed E-state index contributed by atoms with van der Waals surface area (Å²) in [4.78, 5) is 15.1. The fraction of sp³-hybridized carbons (Fsp3) is 0.538. The molecule has 0 fully saturated rings. The first-order valence-electron chi connectivity index (χ1n) is 6.32. The Morgan fingerprint density at radius 3 is 2.68 bits per heavy atom. The number of anilines is 2. The fourth-order valence-electron chi connectivity index (χ4n) is 1.50. The molecule has 1 aromatic rings. The predicted octanol–water partition coefficient (Wildman–Crippen LogP) is 1.37. The topological polar surface area (TPSA) is 103 Å². The highest BCUT2D eigenvalue weighted by Gasteiger charge is 2.09. The maximum atomic E-state index is 10.8. The Balaban J connectivity index is 2.69. The summed E-state index contributed by atoms with van der Waals surface area (Å²) in [5, 5.41) is 3.08. The quantitative estimate of drug-likeness (QED) is 0.691. The highest BCUT2D eigenvalue weighted by Crippen LogP contribution is 2.22. The zero-order valence-corrected chi connectivity index (χ0v) is 11.6. The van der Waals surface area contributed by atoms with Gasteiger partial charge < -0.3 is 21.5 Å². The molecule has 0 saturated carbocycles. The average Bonchev–Trinajstić information content (AvgIpc) is 2.28. The van der Waals surface area contributed by atoms with E-state index in [2.05, 4.69) is 10.3 Å². The Labute approximate surface area is 113 Å². The number of nitrogen functional groups attached to an aromatic ring is 1. The zero-order valence-electron chi connectivity index (χ0n) is 11.6. The number of ether oxygens (including phenoxy) is 1. The summed E-state index contributed by atoms with van der Waals surface area (Å²) in [6, 6.07) is 3.38. The number of carbonyl (C=O) groups is 1. The number of primary amides is 1. The lowest BCUT2D eigenvalue weighted by Crippen LogP contribution is -2.24. The lowest BCUT2D eigenvalue weighted by atomic mass is 10.2. The monoisotopic (exact) mass is 266 g/mol. The molecule has 1 amide bonds. The molecule has 1 rings (SSSR count). The first-order valence-corrected chi connectivity index (χ1v) is 6.32. The third-order valence-corrected chi connectivity index (χ3v) is 2.34. The van der Waals surface area contributed by atoms with E-state index in [1.54, 1.807) is 12.1 Å². The Hall–Kier alpha value is -1.98. The van der Waals surface area contributed by atoms with E-state index in [-0.39, 0.29) is 18.4 Å². The van der Waals surface area contributed by atoms with Crippen molar-refractivity contribution in [3.05, 3.63) is 12.1 Å². The molecule has 0 aliphatic heterocycles. The summed E-state index contributed by atoms with van der Waals surface area (Å²) < 4.78 is 5.53. The summed E-state index contributed by atoms with van der Waals surface area (Å²) in [6.07, 6.45) is 0.244.